The van der Waals surface area contributed by atoms with Crippen molar-refractivity contribution >= 4 is 5.91 Å². The molecule has 1 aliphatic rings. The molecule has 1 aliphatic heterocycles. The van der Waals surface area contributed by atoms with Crippen molar-refractivity contribution in [1.29, 1.82) is 0 Å². The van der Waals surface area contributed by atoms with Crippen molar-refractivity contribution in [1.82, 2.24) is 29.6 Å². The van der Waals surface area contributed by atoms with E-state index in [4.69, 9.17) is 4.74 Å². The first-order valence-corrected chi connectivity index (χ1v) is 10.8. The lowest BCUT2D eigenvalue weighted by atomic mass is 9.92. The van der Waals surface area contributed by atoms with Gasteiger partial charge < -0.3 is 15.2 Å². The van der Waals surface area contributed by atoms with Crippen LogP contribution >= 0.6 is 0 Å². The van der Waals surface area contributed by atoms with E-state index < -0.39 is 28.6 Å². The number of benzene rings is 1. The summed E-state index contributed by atoms with van der Waals surface area (Å²) in [6, 6.07) is 4.05. The van der Waals surface area contributed by atoms with Crippen LogP contribution in [-0.4, -0.2) is 41.9 Å². The largest absolute Gasteiger partial charge is 0.501 e. The Morgan fingerprint density at radius 2 is 2.18 bits per heavy atom. The molecule has 0 radical (unpaired) electrons. The average molecular weight is 456 g/mol. The first-order valence-electron chi connectivity index (χ1n) is 10.8. The Labute approximate surface area is 189 Å². The lowest BCUT2D eigenvalue weighted by Crippen LogP contribution is -2.45. The molecule has 0 saturated heterocycles. The fourth-order valence-electron chi connectivity index (χ4n) is 4.17. The number of nitrogens with zero attached hydrogens (tertiary/aromatic N) is 5. The number of halogens is 1. The van der Waals surface area contributed by atoms with Crippen LogP contribution in [-0.2, 0) is 23.4 Å². The molecular weight excluding hydrogens is 431 g/mol. The van der Waals surface area contributed by atoms with E-state index in [0.717, 1.165) is 6.42 Å². The molecule has 4 rings (SSSR count). The predicted octanol–water partition coefficient (Wildman–Crippen LogP) is 2.03. The fraction of sp³-hybridized carbons (Fsp3) is 0.409. The van der Waals surface area contributed by atoms with Crippen LogP contribution in [0, 0.1) is 5.82 Å². The summed E-state index contributed by atoms with van der Waals surface area (Å²) in [5, 5.41) is 17.1. The first-order chi connectivity index (χ1) is 15.9. The van der Waals surface area contributed by atoms with Crippen LogP contribution in [0.3, 0.4) is 0 Å². The Kier molecular flexibility index (Phi) is 6.23. The van der Waals surface area contributed by atoms with E-state index in [-0.39, 0.29) is 18.8 Å². The summed E-state index contributed by atoms with van der Waals surface area (Å²) in [5.74, 6) is -1.57. The maximum absolute atomic E-state index is 13.8. The van der Waals surface area contributed by atoms with Gasteiger partial charge in [-0.3, -0.25) is 14.2 Å². The van der Waals surface area contributed by atoms with Gasteiger partial charge in [-0.25, -0.2) is 19.0 Å². The summed E-state index contributed by atoms with van der Waals surface area (Å²) in [7, 11) is 0. The van der Waals surface area contributed by atoms with Gasteiger partial charge in [-0.15, -0.1) is 0 Å². The number of aromatic nitrogens is 5. The first kappa shape index (κ1) is 22.6. The van der Waals surface area contributed by atoms with Gasteiger partial charge in [-0.05, 0) is 30.5 Å². The Bertz CT molecular complexity index is 1230. The molecule has 0 spiro atoms. The van der Waals surface area contributed by atoms with Gasteiger partial charge >= 0.3 is 0 Å². The number of carbonyl (C=O) groups excluding carboxylic acids is 1. The van der Waals surface area contributed by atoms with Gasteiger partial charge in [-0.1, -0.05) is 26.3 Å². The van der Waals surface area contributed by atoms with Gasteiger partial charge in [0, 0.05) is 6.54 Å². The number of carbonyl (C=O) groups is 1. The number of aromatic hydroxyl groups is 1. The number of hydrogen-bond acceptors (Lipinski definition) is 7. The highest BCUT2D eigenvalue weighted by molar-refractivity contribution is 5.94. The second kappa shape index (κ2) is 9.10. The number of ether oxygens (including phenoxy) is 1. The van der Waals surface area contributed by atoms with Gasteiger partial charge in [0.2, 0.25) is 5.75 Å². The predicted molar refractivity (Wildman–Crippen MR) is 115 cm³/mol. The third kappa shape index (κ3) is 4.11. The zero-order chi connectivity index (χ0) is 23.6. The molecule has 33 heavy (non-hydrogen) atoms. The SMILES string of the molecule is CCCC1(CC)OCCn2c1nc(C(=O)NCc1ccc(F)cc1-n1cncn1)c(O)c2=O. The summed E-state index contributed by atoms with van der Waals surface area (Å²) in [6.07, 6.45) is 4.71. The van der Waals surface area contributed by atoms with Crippen molar-refractivity contribution in [3.63, 3.8) is 0 Å². The van der Waals surface area contributed by atoms with Crippen LogP contribution in [0.15, 0.2) is 35.6 Å². The minimum absolute atomic E-state index is 0.0156. The van der Waals surface area contributed by atoms with Crippen LogP contribution in [0.1, 0.15) is 55.0 Å². The molecule has 0 bridgehead atoms. The summed E-state index contributed by atoms with van der Waals surface area (Å²) >= 11 is 0. The molecule has 1 amide bonds. The van der Waals surface area contributed by atoms with E-state index in [0.29, 0.717) is 36.5 Å². The molecule has 3 aromatic rings. The summed E-state index contributed by atoms with van der Waals surface area (Å²) in [4.78, 5) is 34.1. The zero-order valence-electron chi connectivity index (χ0n) is 18.4. The molecule has 1 aromatic carbocycles. The summed E-state index contributed by atoms with van der Waals surface area (Å²) in [6.45, 7) is 4.49. The summed E-state index contributed by atoms with van der Waals surface area (Å²) in [5.41, 5.74) is -0.882. The van der Waals surface area contributed by atoms with Gasteiger partial charge in [0.25, 0.3) is 11.5 Å². The van der Waals surface area contributed by atoms with E-state index in [2.05, 4.69) is 20.4 Å². The Balaban J connectivity index is 1.66. The molecule has 1 atom stereocenters. The Morgan fingerprint density at radius 1 is 1.36 bits per heavy atom. The summed E-state index contributed by atoms with van der Waals surface area (Å²) < 4.78 is 22.6. The molecule has 0 fully saturated rings. The van der Waals surface area contributed by atoms with Crippen molar-refractivity contribution < 1.29 is 19.0 Å². The minimum atomic E-state index is -0.799. The smallest absolute Gasteiger partial charge is 0.296 e. The monoisotopic (exact) mass is 456 g/mol. The number of amides is 1. The van der Waals surface area contributed by atoms with Crippen molar-refractivity contribution in [2.24, 2.45) is 0 Å². The third-order valence-electron chi connectivity index (χ3n) is 5.84. The van der Waals surface area contributed by atoms with Crippen LogP contribution in [0.5, 0.6) is 5.75 Å². The number of fused-ring (bicyclic) bond motifs is 1. The molecule has 1 unspecified atom stereocenters. The van der Waals surface area contributed by atoms with Crippen molar-refractivity contribution in [3.05, 3.63) is 64.1 Å². The molecule has 3 heterocycles. The zero-order valence-corrected chi connectivity index (χ0v) is 18.4. The highest BCUT2D eigenvalue weighted by atomic mass is 19.1. The highest BCUT2D eigenvalue weighted by Crippen LogP contribution is 2.36. The maximum atomic E-state index is 13.8. The Morgan fingerprint density at radius 3 is 2.88 bits per heavy atom. The topological polar surface area (TPSA) is 124 Å². The molecule has 174 valence electrons. The van der Waals surface area contributed by atoms with Gasteiger partial charge in [-0.2, -0.15) is 5.10 Å². The second-order valence-electron chi connectivity index (χ2n) is 7.83. The van der Waals surface area contributed by atoms with Crippen LogP contribution in [0.4, 0.5) is 4.39 Å². The van der Waals surface area contributed by atoms with Gasteiger partial charge in [0.1, 0.15) is 29.9 Å². The van der Waals surface area contributed by atoms with E-state index in [1.807, 2.05) is 13.8 Å². The van der Waals surface area contributed by atoms with Crippen LogP contribution in [0.25, 0.3) is 5.69 Å². The van der Waals surface area contributed by atoms with Crippen molar-refractivity contribution in [2.45, 2.75) is 51.8 Å². The fourth-order valence-corrected chi connectivity index (χ4v) is 4.17. The van der Waals surface area contributed by atoms with Crippen molar-refractivity contribution in [2.75, 3.05) is 6.61 Å². The second-order valence-corrected chi connectivity index (χ2v) is 7.83. The molecule has 2 aromatic heterocycles. The number of rotatable bonds is 7. The molecule has 0 saturated carbocycles. The number of nitrogens with one attached hydrogen (secondary N) is 1. The Hall–Kier alpha value is -3.60. The molecule has 10 nitrogen and oxygen atoms in total. The van der Waals surface area contributed by atoms with E-state index >= 15 is 0 Å². The lowest BCUT2D eigenvalue weighted by Gasteiger charge is -2.38. The molecule has 11 heteroatoms. The van der Waals surface area contributed by atoms with E-state index in [9.17, 15) is 19.1 Å². The van der Waals surface area contributed by atoms with E-state index in [1.165, 1.54) is 40.1 Å². The normalized spacial score (nSPS) is 17.5. The van der Waals surface area contributed by atoms with Crippen LogP contribution < -0.4 is 10.9 Å². The molecular formula is C22H25FN6O4. The quantitative estimate of drug-likeness (QED) is 0.557. The standard InChI is InChI=1S/C22H25FN6O4/c1-3-7-22(4-2)21-27-17(18(30)20(32)28(21)8-9-33-22)19(31)25-11-14-5-6-15(23)10-16(14)29-13-24-12-26-29/h5-6,10,12-13,30H,3-4,7-9,11H2,1-2H3,(H,25,31). The van der Waals surface area contributed by atoms with Gasteiger partial charge in [0.05, 0.1) is 18.8 Å². The average Bonchev–Trinajstić information content (AvgIpc) is 3.35. The van der Waals surface area contributed by atoms with Crippen molar-refractivity contribution in [3.8, 4) is 11.4 Å². The van der Waals surface area contributed by atoms with Gasteiger partial charge in [0.15, 0.2) is 5.69 Å². The lowest BCUT2D eigenvalue weighted by molar-refractivity contribution is -0.0924. The highest BCUT2D eigenvalue weighted by Gasteiger charge is 2.40. The minimum Gasteiger partial charge on any atom is -0.501 e. The number of hydrogen-bond donors (Lipinski definition) is 2. The third-order valence-corrected chi connectivity index (χ3v) is 5.84. The maximum Gasteiger partial charge on any atom is 0.296 e. The van der Waals surface area contributed by atoms with E-state index in [1.54, 1.807) is 0 Å². The molecule has 2 N–H and O–H groups in total. The molecule has 0 aliphatic carbocycles. The van der Waals surface area contributed by atoms with Crippen LogP contribution in [0.2, 0.25) is 0 Å².